The van der Waals surface area contributed by atoms with Gasteiger partial charge in [0.25, 0.3) is 0 Å². The molecule has 1 saturated carbocycles. The lowest BCUT2D eigenvalue weighted by Crippen LogP contribution is -2.49. The van der Waals surface area contributed by atoms with Gasteiger partial charge in [0.1, 0.15) is 5.78 Å². The van der Waals surface area contributed by atoms with Crippen molar-refractivity contribution < 1.29 is 13.2 Å². The first-order valence-electron chi connectivity index (χ1n) is 10.9. The summed E-state index contributed by atoms with van der Waals surface area (Å²) < 4.78 is 31.4. The third-order valence-corrected chi connectivity index (χ3v) is 9.29. The van der Waals surface area contributed by atoms with E-state index in [1.54, 1.807) is 4.31 Å². The maximum atomic E-state index is 12.5. The molecule has 2 aliphatic rings. The molecular weight excluding hydrogens is 432 g/mol. The van der Waals surface area contributed by atoms with Crippen LogP contribution in [0.15, 0.2) is 30.3 Å². The second-order valence-corrected chi connectivity index (χ2v) is 11.7. The fourth-order valence-corrected chi connectivity index (χ4v) is 7.16. The van der Waals surface area contributed by atoms with Crippen LogP contribution >= 0.6 is 11.5 Å². The zero-order valence-corrected chi connectivity index (χ0v) is 19.8. The lowest BCUT2D eigenvalue weighted by molar-refractivity contribution is -0.121. The van der Waals surface area contributed by atoms with Crippen molar-refractivity contribution in [2.45, 2.75) is 44.9 Å². The zero-order valence-electron chi connectivity index (χ0n) is 18.2. The normalized spacial score (nSPS) is 20.4. The molecule has 2 heterocycles. The third-order valence-electron chi connectivity index (χ3n) is 6.28. The number of nitrogens with zero attached hydrogens (tertiary/aromatic N) is 4. The van der Waals surface area contributed by atoms with Gasteiger partial charge in [-0.2, -0.15) is 8.68 Å². The Bertz CT molecular complexity index is 1000. The highest BCUT2D eigenvalue weighted by molar-refractivity contribution is 7.89. The average molecular weight is 463 g/mol. The Morgan fingerprint density at radius 3 is 2.32 bits per heavy atom. The Kier molecular flexibility index (Phi) is 6.46. The summed E-state index contributed by atoms with van der Waals surface area (Å²) in [7, 11) is -3.21. The molecule has 9 heteroatoms. The van der Waals surface area contributed by atoms with Crippen LogP contribution in [-0.2, 0) is 20.2 Å². The van der Waals surface area contributed by atoms with E-state index in [2.05, 4.69) is 17.0 Å². The van der Waals surface area contributed by atoms with Crippen molar-refractivity contribution >= 4 is 32.5 Å². The van der Waals surface area contributed by atoms with Gasteiger partial charge in [-0.3, -0.25) is 4.79 Å². The van der Waals surface area contributed by atoms with Crippen molar-refractivity contribution in [3.63, 3.8) is 0 Å². The average Bonchev–Trinajstić information content (AvgIpc) is 3.25. The van der Waals surface area contributed by atoms with Crippen LogP contribution in [0, 0.1) is 5.92 Å². The highest BCUT2D eigenvalue weighted by Crippen LogP contribution is 2.43. The van der Waals surface area contributed by atoms with Crippen LogP contribution in [0.2, 0.25) is 0 Å². The predicted octanol–water partition coefficient (Wildman–Crippen LogP) is 3.08. The molecule has 1 aromatic carbocycles. The van der Waals surface area contributed by atoms with Crippen LogP contribution < -0.4 is 4.90 Å². The van der Waals surface area contributed by atoms with Crippen molar-refractivity contribution in [2.24, 2.45) is 5.92 Å². The largest absolute Gasteiger partial charge is 0.344 e. The van der Waals surface area contributed by atoms with E-state index < -0.39 is 10.0 Å². The Hall–Kier alpha value is -1.84. The number of hydrogen-bond donors (Lipinski definition) is 0. The minimum Gasteiger partial charge on any atom is -0.344 e. The number of anilines is 1. The van der Waals surface area contributed by atoms with Gasteiger partial charge < -0.3 is 4.90 Å². The van der Waals surface area contributed by atoms with Crippen LogP contribution in [0.1, 0.15) is 50.9 Å². The summed E-state index contributed by atoms with van der Waals surface area (Å²) in [5, 5.41) is 0.836. The number of Topliss-reactive ketones (excluding diaryl/α,β-unsaturated/α-hetero) is 1. The van der Waals surface area contributed by atoms with Crippen LogP contribution in [0.5, 0.6) is 0 Å². The van der Waals surface area contributed by atoms with Gasteiger partial charge in [0.2, 0.25) is 15.2 Å². The molecule has 0 amide bonds. The first-order chi connectivity index (χ1) is 14.8. The van der Waals surface area contributed by atoms with Gasteiger partial charge in [-0.1, -0.05) is 44.2 Å². The maximum absolute atomic E-state index is 12.5. The highest BCUT2D eigenvalue weighted by Gasteiger charge is 2.41. The van der Waals surface area contributed by atoms with Crippen molar-refractivity contribution in [1.82, 2.24) is 13.7 Å². The molecule has 2 aromatic rings. The second-order valence-electron chi connectivity index (χ2n) is 8.95. The van der Waals surface area contributed by atoms with Crippen molar-refractivity contribution in [2.75, 3.05) is 36.8 Å². The standard InChI is InChI=1S/C22H30N4O3S2/c1-17(2)16-31(28,29)26-14-12-25(13-15-26)21-23-20(24-30-21)22(10-8-19(27)9-11-22)18-6-4-3-5-7-18/h3-7,17H,8-16H2,1-2H3. The number of benzene rings is 1. The summed E-state index contributed by atoms with van der Waals surface area (Å²) in [5.41, 5.74) is 0.836. The van der Waals surface area contributed by atoms with Gasteiger partial charge in [0.15, 0.2) is 5.82 Å². The molecule has 1 saturated heterocycles. The molecule has 31 heavy (non-hydrogen) atoms. The number of piperazine rings is 1. The molecule has 0 N–H and O–H groups in total. The SMILES string of the molecule is CC(C)CS(=O)(=O)N1CCN(c2nc(C3(c4ccccc4)CCC(=O)CC3)ns2)CC1. The van der Waals surface area contributed by atoms with Crippen molar-refractivity contribution in [3.05, 3.63) is 41.7 Å². The lowest BCUT2D eigenvalue weighted by Gasteiger charge is -2.35. The fourth-order valence-electron chi connectivity index (χ4n) is 4.58. The maximum Gasteiger partial charge on any atom is 0.214 e. The third kappa shape index (κ3) is 4.68. The number of ketones is 1. The second kappa shape index (κ2) is 8.96. The molecule has 1 aliphatic carbocycles. The van der Waals surface area contributed by atoms with Crippen molar-refractivity contribution in [3.8, 4) is 0 Å². The van der Waals surface area contributed by atoms with E-state index in [0.717, 1.165) is 29.4 Å². The smallest absolute Gasteiger partial charge is 0.214 e. The molecule has 0 radical (unpaired) electrons. The number of carbonyl (C=O) groups excluding carboxylic acids is 1. The first-order valence-corrected chi connectivity index (χ1v) is 13.3. The summed E-state index contributed by atoms with van der Waals surface area (Å²) in [6.07, 6.45) is 2.56. The van der Waals surface area contributed by atoms with E-state index in [4.69, 9.17) is 9.36 Å². The molecule has 0 atom stereocenters. The Labute approximate surface area is 188 Å². The van der Waals surface area contributed by atoms with E-state index in [9.17, 15) is 13.2 Å². The molecule has 0 spiro atoms. The van der Waals surface area contributed by atoms with Crippen LogP contribution in [0.25, 0.3) is 0 Å². The molecule has 1 aliphatic heterocycles. The van der Waals surface area contributed by atoms with E-state index >= 15 is 0 Å². The zero-order chi connectivity index (χ0) is 22.1. The van der Waals surface area contributed by atoms with Gasteiger partial charge in [0, 0.05) is 50.6 Å². The fraction of sp³-hybridized carbons (Fsp3) is 0.591. The Morgan fingerprint density at radius 2 is 1.71 bits per heavy atom. The van der Waals surface area contributed by atoms with Gasteiger partial charge >= 0.3 is 0 Å². The first kappa shape index (κ1) is 22.4. The highest BCUT2D eigenvalue weighted by atomic mass is 32.2. The number of aromatic nitrogens is 2. The van der Waals surface area contributed by atoms with Gasteiger partial charge in [0.05, 0.1) is 11.2 Å². The molecule has 0 unspecified atom stereocenters. The lowest BCUT2D eigenvalue weighted by atomic mass is 9.68. The summed E-state index contributed by atoms with van der Waals surface area (Å²) >= 11 is 1.38. The number of sulfonamides is 1. The van der Waals surface area contributed by atoms with Gasteiger partial charge in [-0.05, 0) is 24.3 Å². The van der Waals surface area contributed by atoms with Gasteiger partial charge in [-0.15, -0.1) is 0 Å². The topological polar surface area (TPSA) is 83.5 Å². The summed E-state index contributed by atoms with van der Waals surface area (Å²) in [4.78, 5) is 19.0. The van der Waals surface area contributed by atoms with Crippen molar-refractivity contribution in [1.29, 1.82) is 0 Å². The summed E-state index contributed by atoms with van der Waals surface area (Å²) in [5.74, 6) is 1.40. The number of rotatable bonds is 6. The van der Waals surface area contributed by atoms with Crippen LogP contribution in [0.4, 0.5) is 5.13 Å². The Morgan fingerprint density at radius 1 is 1.06 bits per heavy atom. The van der Waals surface area contributed by atoms with Gasteiger partial charge in [-0.25, -0.2) is 13.4 Å². The summed E-state index contributed by atoms with van der Waals surface area (Å²) in [6.45, 7) is 6.03. The molecule has 168 valence electrons. The molecule has 1 aromatic heterocycles. The van der Waals surface area contributed by atoms with E-state index in [0.29, 0.717) is 44.8 Å². The molecule has 4 rings (SSSR count). The monoisotopic (exact) mass is 462 g/mol. The number of hydrogen-bond acceptors (Lipinski definition) is 7. The molecular formula is C22H30N4O3S2. The molecule has 7 nitrogen and oxygen atoms in total. The van der Waals surface area contributed by atoms with E-state index in [1.807, 2.05) is 32.0 Å². The predicted molar refractivity (Wildman–Crippen MR) is 123 cm³/mol. The quantitative estimate of drug-likeness (QED) is 0.656. The van der Waals surface area contributed by atoms with E-state index in [-0.39, 0.29) is 17.1 Å². The van der Waals surface area contributed by atoms with Crippen LogP contribution in [-0.4, -0.2) is 59.8 Å². The Balaban J connectivity index is 1.52. The minimum atomic E-state index is -3.21. The van der Waals surface area contributed by atoms with E-state index in [1.165, 1.54) is 11.5 Å². The number of carbonyl (C=O) groups is 1. The van der Waals surface area contributed by atoms with Crippen LogP contribution in [0.3, 0.4) is 0 Å². The minimum absolute atomic E-state index is 0.116. The molecule has 2 fully saturated rings. The summed E-state index contributed by atoms with van der Waals surface area (Å²) in [6, 6.07) is 10.3. The molecule has 0 bridgehead atoms.